The molecular formula is C13H19N3O3. The SMILES string of the molecule is CCOc1ccc(CN(C)C(=O)CNC(N)=O)cc1. The van der Waals surface area contributed by atoms with Crippen LogP contribution in [0.3, 0.4) is 0 Å². The minimum Gasteiger partial charge on any atom is -0.494 e. The van der Waals surface area contributed by atoms with E-state index >= 15 is 0 Å². The molecule has 0 bridgehead atoms. The lowest BCUT2D eigenvalue weighted by atomic mass is 10.2. The van der Waals surface area contributed by atoms with Gasteiger partial charge in [0.2, 0.25) is 5.91 Å². The van der Waals surface area contributed by atoms with Gasteiger partial charge in [-0.25, -0.2) is 4.79 Å². The zero-order valence-corrected chi connectivity index (χ0v) is 11.2. The van der Waals surface area contributed by atoms with Crippen LogP contribution in [-0.2, 0) is 11.3 Å². The molecule has 19 heavy (non-hydrogen) atoms. The normalized spacial score (nSPS) is 9.79. The Balaban J connectivity index is 2.49. The molecule has 0 aliphatic carbocycles. The van der Waals surface area contributed by atoms with Gasteiger partial charge in [0.1, 0.15) is 5.75 Å². The molecule has 0 aliphatic heterocycles. The molecule has 3 amide bonds. The summed E-state index contributed by atoms with van der Waals surface area (Å²) < 4.78 is 5.34. The molecule has 104 valence electrons. The van der Waals surface area contributed by atoms with E-state index in [2.05, 4.69) is 5.32 Å². The standard InChI is InChI=1S/C13H19N3O3/c1-3-19-11-6-4-10(5-7-11)9-16(2)12(17)8-15-13(14)18/h4-7H,3,8-9H2,1-2H3,(H3,14,15,18). The van der Waals surface area contributed by atoms with E-state index in [4.69, 9.17) is 10.5 Å². The van der Waals surface area contributed by atoms with Crippen LogP contribution in [0.15, 0.2) is 24.3 Å². The Morgan fingerprint density at radius 1 is 1.32 bits per heavy atom. The molecule has 6 nitrogen and oxygen atoms in total. The first kappa shape index (κ1) is 14.8. The van der Waals surface area contributed by atoms with Gasteiger partial charge in [-0.1, -0.05) is 12.1 Å². The van der Waals surface area contributed by atoms with Crippen LogP contribution in [0.5, 0.6) is 5.75 Å². The van der Waals surface area contributed by atoms with Crippen molar-refractivity contribution >= 4 is 11.9 Å². The van der Waals surface area contributed by atoms with Crippen LogP contribution in [0.25, 0.3) is 0 Å². The summed E-state index contributed by atoms with van der Waals surface area (Å²) in [5.74, 6) is 0.600. The lowest BCUT2D eigenvalue weighted by Gasteiger charge is -2.17. The van der Waals surface area contributed by atoms with Crippen molar-refractivity contribution in [2.24, 2.45) is 5.73 Å². The minimum atomic E-state index is -0.706. The first-order valence-electron chi connectivity index (χ1n) is 6.02. The molecule has 0 heterocycles. The second-order valence-corrected chi connectivity index (χ2v) is 4.04. The number of nitrogens with zero attached hydrogens (tertiary/aromatic N) is 1. The van der Waals surface area contributed by atoms with Crippen LogP contribution < -0.4 is 15.8 Å². The van der Waals surface area contributed by atoms with E-state index < -0.39 is 6.03 Å². The average molecular weight is 265 g/mol. The van der Waals surface area contributed by atoms with Crippen LogP contribution in [0.4, 0.5) is 4.79 Å². The number of carbonyl (C=O) groups is 2. The molecule has 1 rings (SSSR count). The molecule has 0 unspecified atom stereocenters. The van der Waals surface area contributed by atoms with E-state index in [-0.39, 0.29) is 12.5 Å². The quantitative estimate of drug-likeness (QED) is 0.794. The maximum atomic E-state index is 11.7. The van der Waals surface area contributed by atoms with Gasteiger partial charge in [-0.2, -0.15) is 0 Å². The van der Waals surface area contributed by atoms with E-state index in [9.17, 15) is 9.59 Å². The Hall–Kier alpha value is -2.24. The number of ether oxygens (including phenoxy) is 1. The molecule has 0 radical (unpaired) electrons. The smallest absolute Gasteiger partial charge is 0.312 e. The highest BCUT2D eigenvalue weighted by Crippen LogP contribution is 2.13. The van der Waals surface area contributed by atoms with Gasteiger partial charge in [0, 0.05) is 13.6 Å². The number of likely N-dealkylation sites (N-methyl/N-ethyl adjacent to an activating group) is 1. The Morgan fingerprint density at radius 2 is 1.95 bits per heavy atom. The first-order valence-corrected chi connectivity index (χ1v) is 6.02. The van der Waals surface area contributed by atoms with E-state index in [1.807, 2.05) is 31.2 Å². The highest BCUT2D eigenvalue weighted by atomic mass is 16.5. The Labute approximate surface area is 112 Å². The van der Waals surface area contributed by atoms with Crippen LogP contribution in [-0.4, -0.2) is 37.0 Å². The summed E-state index contributed by atoms with van der Waals surface area (Å²) in [6.07, 6.45) is 0. The largest absolute Gasteiger partial charge is 0.494 e. The predicted molar refractivity (Wildman–Crippen MR) is 71.7 cm³/mol. The fraction of sp³-hybridized carbons (Fsp3) is 0.385. The first-order chi connectivity index (χ1) is 9.02. The second-order valence-electron chi connectivity index (χ2n) is 4.04. The number of urea groups is 1. The van der Waals surface area contributed by atoms with Crippen molar-refractivity contribution in [3.8, 4) is 5.75 Å². The highest BCUT2D eigenvalue weighted by molar-refractivity contribution is 5.83. The van der Waals surface area contributed by atoms with Crippen LogP contribution in [0, 0.1) is 0 Å². The van der Waals surface area contributed by atoms with E-state index in [1.54, 1.807) is 7.05 Å². The molecule has 1 aromatic rings. The number of primary amides is 1. The topological polar surface area (TPSA) is 84.7 Å². The maximum Gasteiger partial charge on any atom is 0.312 e. The summed E-state index contributed by atoms with van der Waals surface area (Å²) >= 11 is 0. The number of benzene rings is 1. The van der Waals surface area contributed by atoms with Crippen molar-refractivity contribution in [1.29, 1.82) is 0 Å². The number of hydrogen-bond donors (Lipinski definition) is 2. The molecule has 0 fully saturated rings. The van der Waals surface area contributed by atoms with Gasteiger partial charge in [-0.3, -0.25) is 4.79 Å². The van der Waals surface area contributed by atoms with Crippen LogP contribution in [0.2, 0.25) is 0 Å². The third-order valence-corrected chi connectivity index (χ3v) is 2.49. The van der Waals surface area contributed by atoms with Gasteiger partial charge in [-0.15, -0.1) is 0 Å². The zero-order chi connectivity index (χ0) is 14.3. The minimum absolute atomic E-state index is 0.0944. The number of hydrogen-bond acceptors (Lipinski definition) is 3. The Kier molecular flexibility index (Phi) is 5.66. The third-order valence-electron chi connectivity index (χ3n) is 2.49. The van der Waals surface area contributed by atoms with E-state index in [0.717, 1.165) is 11.3 Å². The maximum absolute atomic E-state index is 11.7. The molecule has 0 aliphatic rings. The highest BCUT2D eigenvalue weighted by Gasteiger charge is 2.09. The zero-order valence-electron chi connectivity index (χ0n) is 11.2. The predicted octanol–water partition coefficient (Wildman–Crippen LogP) is 0.712. The molecule has 0 saturated heterocycles. The van der Waals surface area contributed by atoms with Crippen LogP contribution >= 0.6 is 0 Å². The molecule has 0 spiro atoms. The van der Waals surface area contributed by atoms with Crippen molar-refractivity contribution in [3.05, 3.63) is 29.8 Å². The fourth-order valence-electron chi connectivity index (χ4n) is 1.52. The van der Waals surface area contributed by atoms with Crippen molar-refractivity contribution in [2.45, 2.75) is 13.5 Å². The summed E-state index contributed by atoms with van der Waals surface area (Å²) in [4.78, 5) is 23.7. The molecule has 0 atom stereocenters. The van der Waals surface area contributed by atoms with Gasteiger partial charge in [-0.05, 0) is 24.6 Å². The molecular weight excluding hydrogens is 246 g/mol. The molecule has 0 aromatic heterocycles. The lowest BCUT2D eigenvalue weighted by Crippen LogP contribution is -2.40. The van der Waals surface area contributed by atoms with Gasteiger partial charge in [0.25, 0.3) is 0 Å². The molecule has 1 aromatic carbocycles. The van der Waals surface area contributed by atoms with Gasteiger partial charge < -0.3 is 20.7 Å². The summed E-state index contributed by atoms with van der Waals surface area (Å²) in [6, 6.07) is 6.81. The average Bonchev–Trinajstić information content (AvgIpc) is 2.38. The van der Waals surface area contributed by atoms with Gasteiger partial charge in [0.15, 0.2) is 0 Å². The number of amides is 3. The van der Waals surface area contributed by atoms with Crippen molar-refractivity contribution in [1.82, 2.24) is 10.2 Å². The lowest BCUT2D eigenvalue weighted by molar-refractivity contribution is -0.129. The summed E-state index contributed by atoms with van der Waals surface area (Å²) in [5.41, 5.74) is 5.89. The summed E-state index contributed by atoms with van der Waals surface area (Å²) in [7, 11) is 1.67. The Morgan fingerprint density at radius 3 is 2.47 bits per heavy atom. The van der Waals surface area contributed by atoms with Crippen molar-refractivity contribution < 1.29 is 14.3 Å². The van der Waals surface area contributed by atoms with Crippen molar-refractivity contribution in [3.63, 3.8) is 0 Å². The van der Waals surface area contributed by atoms with Gasteiger partial charge >= 0.3 is 6.03 Å². The van der Waals surface area contributed by atoms with Crippen LogP contribution in [0.1, 0.15) is 12.5 Å². The van der Waals surface area contributed by atoms with E-state index in [0.29, 0.717) is 13.2 Å². The monoisotopic (exact) mass is 265 g/mol. The third kappa shape index (κ3) is 5.29. The van der Waals surface area contributed by atoms with E-state index in [1.165, 1.54) is 4.90 Å². The second kappa shape index (κ2) is 7.25. The van der Waals surface area contributed by atoms with Crippen molar-refractivity contribution in [2.75, 3.05) is 20.2 Å². The summed E-state index contributed by atoms with van der Waals surface area (Å²) in [5, 5.41) is 2.27. The number of nitrogens with one attached hydrogen (secondary N) is 1. The number of rotatable bonds is 6. The Bertz CT molecular complexity index is 431. The summed E-state index contributed by atoms with van der Waals surface area (Å²) in [6.45, 7) is 2.91. The number of nitrogens with two attached hydrogens (primary N) is 1. The fourth-order valence-corrected chi connectivity index (χ4v) is 1.52. The molecule has 6 heteroatoms. The molecule has 0 saturated carbocycles. The molecule has 3 N–H and O–H groups in total. The number of carbonyl (C=O) groups excluding carboxylic acids is 2. The van der Waals surface area contributed by atoms with Gasteiger partial charge in [0.05, 0.1) is 13.2 Å².